The van der Waals surface area contributed by atoms with Gasteiger partial charge < -0.3 is 9.84 Å². The summed E-state index contributed by atoms with van der Waals surface area (Å²) in [6.07, 6.45) is 2.01. The number of rotatable bonds is 5. The van der Waals surface area contributed by atoms with Crippen molar-refractivity contribution >= 4 is 0 Å². The zero-order valence-electron chi connectivity index (χ0n) is 10.0. The van der Waals surface area contributed by atoms with E-state index in [0.29, 0.717) is 18.4 Å². The highest BCUT2D eigenvalue weighted by atomic mass is 16.5. The van der Waals surface area contributed by atoms with E-state index in [1.54, 1.807) is 0 Å². The quantitative estimate of drug-likeness (QED) is 0.826. The van der Waals surface area contributed by atoms with Crippen LogP contribution in [-0.4, -0.2) is 17.8 Å². The van der Waals surface area contributed by atoms with Crippen LogP contribution in [0.3, 0.4) is 0 Å². The minimum absolute atomic E-state index is 0.289. The van der Waals surface area contributed by atoms with E-state index >= 15 is 0 Å². The van der Waals surface area contributed by atoms with E-state index in [1.165, 1.54) is 5.56 Å². The summed E-state index contributed by atoms with van der Waals surface area (Å²) in [4.78, 5) is 0. The fraction of sp³-hybridized carbons (Fsp3) is 0.571. The van der Waals surface area contributed by atoms with Crippen LogP contribution in [0.2, 0.25) is 0 Å². The molecule has 0 aromatic heterocycles. The van der Waals surface area contributed by atoms with E-state index in [0.717, 1.165) is 18.6 Å². The summed E-state index contributed by atoms with van der Waals surface area (Å²) in [5, 5.41) is 9.70. The molecule has 88 valence electrons. The van der Waals surface area contributed by atoms with Crippen LogP contribution in [0, 0.1) is 5.92 Å². The second kappa shape index (κ2) is 4.88. The average Bonchev–Trinajstić information content (AvgIpc) is 3.10. The van der Waals surface area contributed by atoms with Gasteiger partial charge in [0, 0.05) is 0 Å². The van der Waals surface area contributed by atoms with E-state index in [9.17, 15) is 5.11 Å². The maximum Gasteiger partial charge on any atom is 0.119 e. The third-order valence-electron chi connectivity index (χ3n) is 3.11. The zero-order chi connectivity index (χ0) is 11.5. The van der Waals surface area contributed by atoms with Gasteiger partial charge in [-0.1, -0.05) is 26.0 Å². The van der Waals surface area contributed by atoms with E-state index in [1.807, 2.05) is 12.1 Å². The molecule has 1 fully saturated rings. The van der Waals surface area contributed by atoms with Gasteiger partial charge in [0.15, 0.2) is 0 Å². The lowest BCUT2D eigenvalue weighted by Crippen LogP contribution is -2.19. The Kier molecular flexibility index (Phi) is 3.49. The molecule has 0 radical (unpaired) electrons. The minimum atomic E-state index is -0.289. The van der Waals surface area contributed by atoms with Gasteiger partial charge in [-0.15, -0.1) is 0 Å². The molecule has 0 saturated heterocycles. The molecular weight excluding hydrogens is 200 g/mol. The number of hydrogen-bond donors (Lipinski definition) is 1. The highest BCUT2D eigenvalue weighted by molar-refractivity contribution is 5.30. The van der Waals surface area contributed by atoms with Gasteiger partial charge in [-0.2, -0.15) is 0 Å². The van der Waals surface area contributed by atoms with E-state index in [4.69, 9.17) is 4.74 Å². The van der Waals surface area contributed by atoms with Crippen molar-refractivity contribution in [2.75, 3.05) is 6.61 Å². The summed E-state index contributed by atoms with van der Waals surface area (Å²) in [5.41, 5.74) is 1.28. The molecule has 1 aliphatic rings. The summed E-state index contributed by atoms with van der Waals surface area (Å²) < 4.78 is 5.61. The van der Waals surface area contributed by atoms with Gasteiger partial charge >= 0.3 is 0 Å². The van der Waals surface area contributed by atoms with Crippen molar-refractivity contribution in [1.29, 1.82) is 0 Å². The summed E-state index contributed by atoms with van der Waals surface area (Å²) >= 11 is 0. The predicted octanol–water partition coefficient (Wildman–Crippen LogP) is 2.96. The lowest BCUT2D eigenvalue weighted by molar-refractivity contribution is 0.0894. The Morgan fingerprint density at radius 3 is 2.75 bits per heavy atom. The third-order valence-corrected chi connectivity index (χ3v) is 3.11. The number of aliphatic hydroxyl groups is 1. The molecule has 1 unspecified atom stereocenters. The van der Waals surface area contributed by atoms with E-state index < -0.39 is 0 Å². The smallest absolute Gasteiger partial charge is 0.119 e. The predicted molar refractivity (Wildman–Crippen MR) is 64.8 cm³/mol. The number of hydrogen-bond acceptors (Lipinski definition) is 2. The highest BCUT2D eigenvalue weighted by Gasteiger charge is 2.29. The van der Waals surface area contributed by atoms with E-state index in [-0.39, 0.29) is 6.10 Å². The summed E-state index contributed by atoms with van der Waals surface area (Å²) in [6, 6.07) is 8.12. The van der Waals surface area contributed by atoms with Gasteiger partial charge in [0.25, 0.3) is 0 Å². The summed E-state index contributed by atoms with van der Waals surface area (Å²) in [6.45, 7) is 4.75. The van der Waals surface area contributed by atoms with Gasteiger partial charge in [-0.25, -0.2) is 0 Å². The first-order chi connectivity index (χ1) is 7.66. The Morgan fingerprint density at radius 2 is 2.12 bits per heavy atom. The van der Waals surface area contributed by atoms with Crippen LogP contribution < -0.4 is 4.74 Å². The maximum absolute atomic E-state index is 9.70. The first-order valence-corrected chi connectivity index (χ1v) is 6.07. The normalized spacial score (nSPS) is 17.5. The van der Waals surface area contributed by atoms with Gasteiger partial charge in [0.1, 0.15) is 12.4 Å². The Bertz CT molecular complexity index is 342. The molecular formula is C14H20O2. The lowest BCUT2D eigenvalue weighted by Gasteiger charge is -2.13. The van der Waals surface area contributed by atoms with Crippen molar-refractivity contribution in [2.45, 2.75) is 38.7 Å². The molecule has 1 saturated carbocycles. The van der Waals surface area contributed by atoms with Crippen LogP contribution in [-0.2, 0) is 0 Å². The van der Waals surface area contributed by atoms with Crippen molar-refractivity contribution in [1.82, 2.24) is 0 Å². The van der Waals surface area contributed by atoms with E-state index in [2.05, 4.69) is 26.0 Å². The molecule has 1 N–H and O–H groups in total. The van der Waals surface area contributed by atoms with Crippen molar-refractivity contribution < 1.29 is 9.84 Å². The monoisotopic (exact) mass is 220 g/mol. The Labute approximate surface area is 97.3 Å². The second-order valence-corrected chi connectivity index (χ2v) is 4.94. The Hall–Kier alpha value is -1.02. The summed E-state index contributed by atoms with van der Waals surface area (Å²) in [7, 11) is 0. The fourth-order valence-electron chi connectivity index (χ4n) is 1.76. The molecule has 1 aliphatic carbocycles. The van der Waals surface area contributed by atoms with Crippen molar-refractivity contribution in [3.8, 4) is 5.75 Å². The molecule has 0 aliphatic heterocycles. The van der Waals surface area contributed by atoms with Crippen LogP contribution in [0.15, 0.2) is 24.3 Å². The standard InChI is InChI=1S/C14H20O2/c1-10(2)12-4-3-5-13(8-12)16-9-14(15)11-6-7-11/h3-5,8,10-11,14-15H,6-7,9H2,1-2H3. The van der Waals surface area contributed by atoms with Gasteiger partial charge in [0.2, 0.25) is 0 Å². The van der Waals surface area contributed by atoms with Gasteiger partial charge in [-0.3, -0.25) is 0 Å². The Morgan fingerprint density at radius 1 is 1.38 bits per heavy atom. The zero-order valence-corrected chi connectivity index (χ0v) is 10.0. The third kappa shape index (κ3) is 2.99. The molecule has 2 rings (SSSR count). The maximum atomic E-state index is 9.70. The largest absolute Gasteiger partial charge is 0.491 e. The van der Waals surface area contributed by atoms with Gasteiger partial charge in [-0.05, 0) is 42.4 Å². The van der Waals surface area contributed by atoms with Crippen LogP contribution in [0.25, 0.3) is 0 Å². The molecule has 0 amide bonds. The molecule has 0 bridgehead atoms. The van der Waals surface area contributed by atoms with Crippen molar-refractivity contribution in [3.05, 3.63) is 29.8 Å². The fourth-order valence-corrected chi connectivity index (χ4v) is 1.76. The SMILES string of the molecule is CC(C)c1cccc(OCC(O)C2CC2)c1. The van der Waals surface area contributed by atoms with Gasteiger partial charge in [0.05, 0.1) is 6.10 Å². The number of aliphatic hydroxyl groups excluding tert-OH is 1. The van der Waals surface area contributed by atoms with Crippen molar-refractivity contribution in [2.24, 2.45) is 5.92 Å². The second-order valence-electron chi connectivity index (χ2n) is 4.94. The van der Waals surface area contributed by atoms with Crippen LogP contribution in [0.4, 0.5) is 0 Å². The average molecular weight is 220 g/mol. The highest BCUT2D eigenvalue weighted by Crippen LogP contribution is 2.32. The molecule has 0 spiro atoms. The molecule has 1 atom stereocenters. The topological polar surface area (TPSA) is 29.5 Å². The minimum Gasteiger partial charge on any atom is -0.491 e. The molecule has 1 aromatic rings. The molecule has 16 heavy (non-hydrogen) atoms. The first kappa shape index (κ1) is 11.5. The lowest BCUT2D eigenvalue weighted by atomic mass is 10.0. The number of ether oxygens (including phenoxy) is 1. The number of benzene rings is 1. The summed E-state index contributed by atoms with van der Waals surface area (Å²) in [5.74, 6) is 1.86. The molecule has 1 aromatic carbocycles. The Balaban J connectivity index is 1.90. The molecule has 2 nitrogen and oxygen atoms in total. The van der Waals surface area contributed by atoms with Crippen LogP contribution in [0.5, 0.6) is 5.75 Å². The molecule has 2 heteroatoms. The first-order valence-electron chi connectivity index (χ1n) is 6.07. The molecule has 0 heterocycles. The van der Waals surface area contributed by atoms with Crippen molar-refractivity contribution in [3.63, 3.8) is 0 Å². The van der Waals surface area contributed by atoms with Crippen LogP contribution >= 0.6 is 0 Å². The van der Waals surface area contributed by atoms with Crippen LogP contribution in [0.1, 0.15) is 38.2 Å².